The summed E-state index contributed by atoms with van der Waals surface area (Å²) in [6, 6.07) is 9.27. The molecule has 2 aromatic rings. The predicted octanol–water partition coefficient (Wildman–Crippen LogP) is 2.57. The number of amides is 1. The number of aromatic nitrogens is 1. The number of ether oxygens (including phenoxy) is 1. The van der Waals surface area contributed by atoms with Gasteiger partial charge in [0.05, 0.1) is 18.2 Å². The van der Waals surface area contributed by atoms with E-state index in [0.29, 0.717) is 11.1 Å². The van der Waals surface area contributed by atoms with Crippen molar-refractivity contribution in [1.82, 2.24) is 9.88 Å². The van der Waals surface area contributed by atoms with E-state index in [2.05, 4.69) is 4.98 Å². The second-order valence-electron chi connectivity index (χ2n) is 5.74. The van der Waals surface area contributed by atoms with Gasteiger partial charge in [0.15, 0.2) is 0 Å². The Morgan fingerprint density at radius 2 is 1.86 bits per heavy atom. The van der Waals surface area contributed by atoms with Crippen molar-refractivity contribution in [2.75, 3.05) is 14.2 Å². The third-order valence-corrected chi connectivity index (χ3v) is 3.92. The molecule has 0 spiro atoms. The quantitative estimate of drug-likeness (QED) is 0.817. The molecule has 5 nitrogen and oxygen atoms in total. The average molecular weight is 300 g/mol. The summed E-state index contributed by atoms with van der Waals surface area (Å²) < 4.78 is 4.78. The topological polar surface area (TPSA) is 59.5 Å². The summed E-state index contributed by atoms with van der Waals surface area (Å²) in [5.74, 6) is -0.730. The third-order valence-electron chi connectivity index (χ3n) is 3.92. The molecule has 0 radical (unpaired) electrons. The minimum Gasteiger partial charge on any atom is -0.467 e. The number of hydrogen-bond donors (Lipinski definition) is 0. The largest absolute Gasteiger partial charge is 0.467 e. The second kappa shape index (κ2) is 5.75. The van der Waals surface area contributed by atoms with Crippen molar-refractivity contribution in [2.24, 2.45) is 0 Å². The molecule has 116 valence electrons. The maximum absolute atomic E-state index is 12.8. The molecule has 0 bridgehead atoms. The molecular formula is C17H20N2O3. The molecule has 0 saturated heterocycles. The highest BCUT2D eigenvalue weighted by molar-refractivity contribution is 6.06. The van der Waals surface area contributed by atoms with Crippen LogP contribution >= 0.6 is 0 Å². The van der Waals surface area contributed by atoms with E-state index in [-0.39, 0.29) is 5.91 Å². The first-order valence-electron chi connectivity index (χ1n) is 7.02. The van der Waals surface area contributed by atoms with Crippen LogP contribution in [0.3, 0.4) is 0 Å². The Morgan fingerprint density at radius 1 is 1.18 bits per heavy atom. The van der Waals surface area contributed by atoms with Crippen LogP contribution in [0, 0.1) is 6.92 Å². The first-order valence-corrected chi connectivity index (χ1v) is 7.02. The van der Waals surface area contributed by atoms with E-state index < -0.39 is 11.5 Å². The number of methoxy groups -OCH3 is 1. The fourth-order valence-corrected chi connectivity index (χ4v) is 2.24. The molecule has 5 heteroatoms. The van der Waals surface area contributed by atoms with E-state index in [1.165, 1.54) is 12.0 Å². The maximum Gasteiger partial charge on any atom is 0.331 e. The van der Waals surface area contributed by atoms with E-state index in [4.69, 9.17) is 4.74 Å². The second-order valence-corrected chi connectivity index (χ2v) is 5.74. The van der Waals surface area contributed by atoms with Gasteiger partial charge in [-0.05, 0) is 32.9 Å². The van der Waals surface area contributed by atoms with Crippen molar-refractivity contribution in [3.05, 3.63) is 41.6 Å². The van der Waals surface area contributed by atoms with E-state index >= 15 is 0 Å². The summed E-state index contributed by atoms with van der Waals surface area (Å²) in [5.41, 5.74) is 0.890. The van der Waals surface area contributed by atoms with Gasteiger partial charge >= 0.3 is 5.97 Å². The molecular weight excluding hydrogens is 280 g/mol. The van der Waals surface area contributed by atoms with Crippen LogP contribution in [0.25, 0.3) is 10.9 Å². The molecule has 0 saturated carbocycles. The zero-order chi connectivity index (χ0) is 16.5. The molecule has 22 heavy (non-hydrogen) atoms. The number of hydrogen-bond acceptors (Lipinski definition) is 4. The summed E-state index contributed by atoms with van der Waals surface area (Å²) >= 11 is 0. The van der Waals surface area contributed by atoms with Gasteiger partial charge in [0.25, 0.3) is 5.91 Å². The lowest BCUT2D eigenvalue weighted by molar-refractivity contribution is -0.150. The van der Waals surface area contributed by atoms with Crippen molar-refractivity contribution in [1.29, 1.82) is 0 Å². The molecule has 0 atom stereocenters. The van der Waals surface area contributed by atoms with E-state index in [1.54, 1.807) is 27.0 Å². The molecule has 2 rings (SSSR count). The molecule has 0 N–H and O–H groups in total. The number of para-hydroxylation sites is 1. The summed E-state index contributed by atoms with van der Waals surface area (Å²) in [6.07, 6.45) is 0. The highest BCUT2D eigenvalue weighted by Gasteiger charge is 2.37. The number of benzene rings is 1. The van der Waals surface area contributed by atoms with Crippen molar-refractivity contribution in [3.63, 3.8) is 0 Å². The molecule has 1 aromatic heterocycles. The van der Waals surface area contributed by atoms with Crippen molar-refractivity contribution in [3.8, 4) is 0 Å². The van der Waals surface area contributed by atoms with Gasteiger partial charge in [0.2, 0.25) is 0 Å². The van der Waals surface area contributed by atoms with Crippen molar-refractivity contribution < 1.29 is 14.3 Å². The Morgan fingerprint density at radius 3 is 2.50 bits per heavy atom. The number of carbonyl (C=O) groups excluding carboxylic acids is 2. The molecule has 0 aliphatic rings. The molecule has 1 amide bonds. The Kier molecular flexibility index (Phi) is 4.17. The number of carbonyl (C=O) groups is 2. The predicted molar refractivity (Wildman–Crippen MR) is 84.7 cm³/mol. The van der Waals surface area contributed by atoms with Gasteiger partial charge in [0, 0.05) is 18.1 Å². The summed E-state index contributed by atoms with van der Waals surface area (Å²) in [5, 5.41) is 0.890. The van der Waals surface area contributed by atoms with Crippen LogP contribution in [-0.2, 0) is 9.53 Å². The van der Waals surface area contributed by atoms with Crippen LogP contribution in [0.4, 0.5) is 0 Å². The van der Waals surface area contributed by atoms with Crippen LogP contribution < -0.4 is 0 Å². The van der Waals surface area contributed by atoms with Gasteiger partial charge < -0.3 is 9.64 Å². The van der Waals surface area contributed by atoms with Gasteiger partial charge in [-0.25, -0.2) is 4.79 Å². The van der Waals surface area contributed by atoms with Gasteiger partial charge in [-0.3, -0.25) is 9.78 Å². The Balaban J connectivity index is 2.50. The molecule has 1 heterocycles. The smallest absolute Gasteiger partial charge is 0.331 e. The van der Waals surface area contributed by atoms with Gasteiger partial charge in [-0.15, -0.1) is 0 Å². The standard InChI is InChI=1S/C17H20N2O3/c1-11-9-10-12-7-6-8-13(14(12)18-11)15(20)19(4)17(2,3)16(21)22-5/h6-10H,1-5H3. The fourth-order valence-electron chi connectivity index (χ4n) is 2.24. The van der Waals surface area contributed by atoms with Crippen LogP contribution in [0.5, 0.6) is 0 Å². The third kappa shape index (κ3) is 2.66. The Labute approximate surface area is 129 Å². The normalized spacial score (nSPS) is 11.3. The summed E-state index contributed by atoms with van der Waals surface area (Å²) in [4.78, 5) is 30.6. The zero-order valence-corrected chi connectivity index (χ0v) is 13.5. The molecule has 1 aromatic carbocycles. The Hall–Kier alpha value is -2.43. The Bertz CT molecular complexity index is 738. The van der Waals surface area contributed by atoms with Crippen LogP contribution in [-0.4, -0.2) is 41.5 Å². The average Bonchev–Trinajstić information content (AvgIpc) is 2.51. The fraction of sp³-hybridized carbons (Fsp3) is 0.353. The van der Waals surface area contributed by atoms with E-state index in [1.807, 2.05) is 31.2 Å². The first kappa shape index (κ1) is 15.9. The highest BCUT2D eigenvalue weighted by atomic mass is 16.5. The van der Waals surface area contributed by atoms with Crippen LogP contribution in [0.2, 0.25) is 0 Å². The number of likely N-dealkylation sites (N-methyl/N-ethyl adjacent to an activating group) is 1. The SMILES string of the molecule is COC(=O)C(C)(C)N(C)C(=O)c1cccc2ccc(C)nc12. The lowest BCUT2D eigenvalue weighted by Crippen LogP contribution is -2.51. The molecule has 0 unspecified atom stereocenters. The maximum atomic E-state index is 12.8. The number of nitrogens with zero attached hydrogens (tertiary/aromatic N) is 2. The molecule has 0 aliphatic heterocycles. The van der Waals surface area contributed by atoms with Gasteiger partial charge in [0.1, 0.15) is 5.54 Å². The highest BCUT2D eigenvalue weighted by Crippen LogP contribution is 2.22. The molecule has 0 aliphatic carbocycles. The monoisotopic (exact) mass is 300 g/mol. The summed E-state index contributed by atoms with van der Waals surface area (Å²) in [7, 11) is 2.90. The number of aryl methyl sites for hydroxylation is 1. The minimum atomic E-state index is -1.06. The first-order chi connectivity index (χ1) is 10.3. The minimum absolute atomic E-state index is 0.265. The number of rotatable bonds is 3. The van der Waals surface area contributed by atoms with Crippen molar-refractivity contribution in [2.45, 2.75) is 26.3 Å². The lowest BCUT2D eigenvalue weighted by Gasteiger charge is -2.33. The molecule has 0 fully saturated rings. The lowest BCUT2D eigenvalue weighted by atomic mass is 10.0. The van der Waals surface area contributed by atoms with Crippen LogP contribution in [0.15, 0.2) is 30.3 Å². The van der Waals surface area contributed by atoms with Gasteiger partial charge in [-0.2, -0.15) is 0 Å². The number of fused-ring (bicyclic) bond motifs is 1. The van der Waals surface area contributed by atoms with Gasteiger partial charge in [-0.1, -0.05) is 18.2 Å². The number of esters is 1. The van der Waals surface area contributed by atoms with E-state index in [9.17, 15) is 9.59 Å². The van der Waals surface area contributed by atoms with E-state index in [0.717, 1.165) is 11.1 Å². The number of pyridine rings is 1. The van der Waals surface area contributed by atoms with Crippen molar-refractivity contribution >= 4 is 22.8 Å². The zero-order valence-electron chi connectivity index (χ0n) is 13.5. The van der Waals surface area contributed by atoms with Crippen LogP contribution in [0.1, 0.15) is 29.9 Å². The summed E-state index contributed by atoms with van der Waals surface area (Å²) in [6.45, 7) is 5.18.